The van der Waals surface area contributed by atoms with Crippen LogP contribution < -0.4 is 9.50 Å². The third kappa shape index (κ3) is 5.59. The highest BCUT2D eigenvalue weighted by molar-refractivity contribution is 7.88. The molecule has 2 aliphatic rings. The Labute approximate surface area is 218 Å². The van der Waals surface area contributed by atoms with Gasteiger partial charge in [-0.05, 0) is 80.0 Å². The Balaban J connectivity index is 1.49. The minimum Gasteiger partial charge on any atom is -0.466 e. The average molecular weight is 553 g/mol. The summed E-state index contributed by atoms with van der Waals surface area (Å²) in [7, 11) is -5.80. The van der Waals surface area contributed by atoms with Gasteiger partial charge in [0.2, 0.25) is 0 Å². The number of aliphatic hydroxyl groups excluding tert-OH is 1. The molecule has 0 radical (unpaired) electrons. The van der Waals surface area contributed by atoms with Crippen molar-refractivity contribution < 1.29 is 40.4 Å². The smallest absolute Gasteiger partial charge is 0.466 e. The number of hydrogen-bond acceptors (Lipinski definition) is 8. The lowest BCUT2D eigenvalue weighted by atomic mass is 9.94. The summed E-state index contributed by atoms with van der Waals surface area (Å²) in [4.78, 5) is 11.7. The Kier molecular flexibility index (Phi) is 7.63. The SMILES string of the molecule is CCOC(=O)CCCc1ccc(C#N)cc1NC(O)[C@@H]1C[C@]12CCc1ccc(OS(=O)(=O)C(F)(F)F)cc12. The van der Waals surface area contributed by atoms with Gasteiger partial charge in [-0.1, -0.05) is 12.1 Å². The van der Waals surface area contributed by atoms with Crippen molar-refractivity contribution in [2.45, 2.75) is 62.6 Å². The van der Waals surface area contributed by atoms with Gasteiger partial charge in [-0.25, -0.2) is 0 Å². The van der Waals surface area contributed by atoms with Crippen LogP contribution in [0.2, 0.25) is 0 Å². The fraction of sp³-hybridized carbons (Fsp3) is 0.462. The number of fused-ring (bicyclic) bond motifs is 2. The number of carbonyl (C=O) groups excluding carboxylic acids is 1. The molecule has 38 heavy (non-hydrogen) atoms. The normalized spacial score (nSPS) is 20.9. The molecule has 2 aliphatic carbocycles. The predicted octanol–water partition coefficient (Wildman–Crippen LogP) is 4.31. The fourth-order valence-corrected chi connectivity index (χ4v) is 5.67. The number of benzene rings is 2. The lowest BCUT2D eigenvalue weighted by Crippen LogP contribution is -2.28. The van der Waals surface area contributed by atoms with Gasteiger partial charge in [0.25, 0.3) is 0 Å². The minimum atomic E-state index is -5.80. The van der Waals surface area contributed by atoms with Crippen LogP contribution >= 0.6 is 0 Å². The maximum Gasteiger partial charge on any atom is 0.534 e. The number of hydrogen-bond donors (Lipinski definition) is 2. The first kappa shape index (κ1) is 27.7. The van der Waals surface area contributed by atoms with Crippen molar-refractivity contribution in [3.8, 4) is 11.8 Å². The largest absolute Gasteiger partial charge is 0.534 e. The number of anilines is 1. The standard InChI is InChI=1S/C26H27F3N2O6S/c1-2-36-23(32)5-3-4-18-7-6-16(15-30)12-22(18)31-24(33)21-14-25(21)11-10-17-8-9-19(13-20(17)25)37-38(34,35)26(27,28)29/h6-9,12-13,21,24,31,33H,2-5,10-11,14H2,1H3/t21-,24?,25-/m0/s1. The van der Waals surface area contributed by atoms with E-state index in [2.05, 4.69) is 15.6 Å². The molecular weight excluding hydrogens is 525 g/mol. The van der Waals surface area contributed by atoms with E-state index in [1.165, 1.54) is 12.1 Å². The van der Waals surface area contributed by atoms with Gasteiger partial charge in [0.15, 0.2) is 0 Å². The molecule has 0 heterocycles. The molecular formula is C26H27F3N2O6S. The Hall–Kier alpha value is -3.30. The van der Waals surface area contributed by atoms with Crippen molar-refractivity contribution in [2.24, 2.45) is 5.92 Å². The third-order valence-corrected chi connectivity index (χ3v) is 8.12. The Morgan fingerprint density at radius 3 is 2.74 bits per heavy atom. The van der Waals surface area contributed by atoms with E-state index in [-0.39, 0.29) is 18.3 Å². The number of esters is 1. The number of rotatable bonds is 10. The lowest BCUT2D eigenvalue weighted by molar-refractivity contribution is -0.143. The van der Waals surface area contributed by atoms with Gasteiger partial charge in [0.05, 0.1) is 18.2 Å². The number of carbonyl (C=O) groups is 1. The van der Waals surface area contributed by atoms with Crippen LogP contribution in [0.3, 0.4) is 0 Å². The van der Waals surface area contributed by atoms with Crippen LogP contribution in [-0.2, 0) is 37.9 Å². The van der Waals surface area contributed by atoms with Crippen LogP contribution in [0.5, 0.6) is 5.75 Å². The van der Waals surface area contributed by atoms with Gasteiger partial charge < -0.3 is 19.3 Å². The molecule has 0 amide bonds. The Bertz CT molecular complexity index is 1370. The van der Waals surface area contributed by atoms with E-state index in [1.54, 1.807) is 31.2 Å². The zero-order chi connectivity index (χ0) is 27.7. The van der Waals surface area contributed by atoms with E-state index in [0.717, 1.165) is 11.1 Å². The van der Waals surface area contributed by atoms with E-state index in [0.29, 0.717) is 55.5 Å². The predicted molar refractivity (Wildman–Crippen MR) is 131 cm³/mol. The second-order valence-corrected chi connectivity index (χ2v) is 11.0. The number of alkyl halides is 3. The van der Waals surface area contributed by atoms with Gasteiger partial charge >= 0.3 is 21.6 Å². The number of aryl methyl sites for hydroxylation is 2. The molecule has 0 saturated heterocycles. The lowest BCUT2D eigenvalue weighted by Gasteiger charge is -2.21. The van der Waals surface area contributed by atoms with Crippen LogP contribution in [0.25, 0.3) is 0 Å². The number of nitrogens with zero attached hydrogens (tertiary/aromatic N) is 1. The molecule has 1 spiro atoms. The van der Waals surface area contributed by atoms with Crippen molar-refractivity contribution >= 4 is 21.8 Å². The molecule has 0 bridgehead atoms. The summed E-state index contributed by atoms with van der Waals surface area (Å²) in [6.07, 6.45) is 2.03. The summed E-state index contributed by atoms with van der Waals surface area (Å²) in [6.45, 7) is 2.03. The summed E-state index contributed by atoms with van der Waals surface area (Å²) in [5, 5.41) is 23.5. The Morgan fingerprint density at radius 1 is 1.29 bits per heavy atom. The van der Waals surface area contributed by atoms with Crippen molar-refractivity contribution in [3.05, 3.63) is 58.7 Å². The molecule has 0 aliphatic heterocycles. The number of nitriles is 1. The number of aliphatic hydroxyl groups is 1. The first-order chi connectivity index (χ1) is 17.9. The first-order valence-electron chi connectivity index (χ1n) is 12.2. The zero-order valence-electron chi connectivity index (χ0n) is 20.5. The maximum atomic E-state index is 12.8. The van der Waals surface area contributed by atoms with E-state index < -0.39 is 33.0 Å². The number of halogens is 3. The van der Waals surface area contributed by atoms with Crippen LogP contribution in [0.4, 0.5) is 18.9 Å². The molecule has 2 N–H and O–H groups in total. The van der Waals surface area contributed by atoms with E-state index >= 15 is 0 Å². The topological polar surface area (TPSA) is 126 Å². The highest BCUT2D eigenvalue weighted by atomic mass is 32.2. The van der Waals surface area contributed by atoms with Crippen LogP contribution in [0.1, 0.15) is 54.9 Å². The molecule has 1 unspecified atom stereocenters. The van der Waals surface area contributed by atoms with Gasteiger partial charge in [0.1, 0.15) is 12.0 Å². The number of ether oxygens (including phenoxy) is 1. The monoisotopic (exact) mass is 552 g/mol. The molecule has 8 nitrogen and oxygen atoms in total. The Morgan fingerprint density at radius 2 is 2.05 bits per heavy atom. The van der Waals surface area contributed by atoms with Gasteiger partial charge in [-0.15, -0.1) is 0 Å². The molecule has 12 heteroatoms. The third-order valence-electron chi connectivity index (χ3n) is 7.14. The zero-order valence-corrected chi connectivity index (χ0v) is 21.4. The fourth-order valence-electron chi connectivity index (χ4n) is 5.21. The van der Waals surface area contributed by atoms with Crippen molar-refractivity contribution in [1.29, 1.82) is 5.26 Å². The molecule has 3 atom stereocenters. The molecule has 0 aromatic heterocycles. The summed E-state index contributed by atoms with van der Waals surface area (Å²) in [6, 6.07) is 11.2. The van der Waals surface area contributed by atoms with Crippen LogP contribution in [0.15, 0.2) is 36.4 Å². The highest BCUT2D eigenvalue weighted by Gasteiger charge is 2.61. The number of nitrogens with one attached hydrogen (secondary N) is 1. The molecule has 1 saturated carbocycles. The molecule has 2 aromatic carbocycles. The van der Waals surface area contributed by atoms with Gasteiger partial charge in [-0.2, -0.15) is 26.9 Å². The average Bonchev–Trinajstić information content (AvgIpc) is 3.48. The second kappa shape index (κ2) is 10.5. The van der Waals surface area contributed by atoms with Crippen LogP contribution in [-0.4, -0.2) is 37.8 Å². The maximum absolute atomic E-state index is 12.8. The summed E-state index contributed by atoms with van der Waals surface area (Å²) >= 11 is 0. The van der Waals surface area contributed by atoms with Gasteiger partial charge in [-0.3, -0.25) is 4.79 Å². The summed E-state index contributed by atoms with van der Waals surface area (Å²) < 4.78 is 70.5. The quantitative estimate of drug-likeness (QED) is 0.193. The van der Waals surface area contributed by atoms with E-state index in [9.17, 15) is 36.8 Å². The highest BCUT2D eigenvalue weighted by Crippen LogP contribution is 2.63. The molecule has 4 rings (SSSR count). The molecule has 204 valence electrons. The first-order valence-corrected chi connectivity index (χ1v) is 13.6. The van der Waals surface area contributed by atoms with Crippen LogP contribution in [0, 0.1) is 17.2 Å². The molecule has 2 aromatic rings. The second-order valence-electron chi connectivity index (χ2n) is 9.50. The summed E-state index contributed by atoms with van der Waals surface area (Å²) in [5.41, 5.74) is -2.80. The van der Waals surface area contributed by atoms with Crippen molar-refractivity contribution in [1.82, 2.24) is 0 Å². The minimum absolute atomic E-state index is 0.229. The molecule has 1 fully saturated rings. The van der Waals surface area contributed by atoms with E-state index in [1.807, 2.05) is 0 Å². The van der Waals surface area contributed by atoms with E-state index in [4.69, 9.17) is 4.74 Å². The summed E-state index contributed by atoms with van der Waals surface area (Å²) in [5.74, 6) is -1.03. The van der Waals surface area contributed by atoms with Gasteiger partial charge in [0, 0.05) is 23.4 Å². The van der Waals surface area contributed by atoms with Crippen molar-refractivity contribution in [2.75, 3.05) is 11.9 Å². The van der Waals surface area contributed by atoms with Crippen molar-refractivity contribution in [3.63, 3.8) is 0 Å².